The average molecular weight is 510 g/mol. The summed E-state index contributed by atoms with van der Waals surface area (Å²) in [4.78, 5) is 12.7. The van der Waals surface area contributed by atoms with Gasteiger partial charge in [-0.2, -0.15) is 0 Å². The number of aliphatic hydroxyl groups is 1. The van der Waals surface area contributed by atoms with Crippen LogP contribution in [0, 0.1) is 11.6 Å². The zero-order valence-corrected chi connectivity index (χ0v) is 21.3. The van der Waals surface area contributed by atoms with Crippen molar-refractivity contribution in [3.8, 4) is 0 Å². The van der Waals surface area contributed by atoms with E-state index >= 15 is 0 Å². The molecule has 0 aliphatic heterocycles. The number of rotatable bonds is 15. The number of hydrogen-bond acceptors (Lipinski definition) is 5. The van der Waals surface area contributed by atoms with Crippen LogP contribution in [0.2, 0.25) is 0 Å². The minimum absolute atomic E-state index is 0.000229. The SMILES string of the molecule is CCCC[S+]([O-])C[C@@H](N)C(=O)N[C@@H](Cc1cc(F)cc(F)c1)[C@H](O)CNCc1cccc(CC)c1. The van der Waals surface area contributed by atoms with Gasteiger partial charge in [0.05, 0.1) is 12.1 Å². The Hall–Kier alpha value is -2.04. The quantitative estimate of drug-likeness (QED) is 0.276. The fraction of sp³-hybridized carbons (Fsp3) is 0.500. The van der Waals surface area contributed by atoms with Crippen molar-refractivity contribution >= 4 is 17.1 Å². The topological polar surface area (TPSA) is 110 Å². The highest BCUT2D eigenvalue weighted by molar-refractivity contribution is 7.91. The van der Waals surface area contributed by atoms with Gasteiger partial charge in [-0.05, 0) is 48.1 Å². The molecule has 0 heterocycles. The Morgan fingerprint density at radius 3 is 2.46 bits per heavy atom. The maximum Gasteiger partial charge on any atom is 0.242 e. The number of carbonyl (C=O) groups is 1. The standard InChI is InChI=1S/C26H37F2N3O3S/c1-3-5-9-35(34)17-23(29)26(33)31-24(13-20-11-21(27)14-22(28)12-20)25(32)16-30-15-19-8-6-7-18(4-2)10-19/h6-8,10-12,14,23-25,30,32H,3-5,9,13,15-17,29H2,1-2H3,(H,31,33)/t23-,24+,25-,35?/m1/s1. The van der Waals surface area contributed by atoms with Crippen LogP contribution in [-0.2, 0) is 35.4 Å². The van der Waals surface area contributed by atoms with Crippen molar-refractivity contribution in [3.63, 3.8) is 0 Å². The van der Waals surface area contributed by atoms with E-state index in [0.29, 0.717) is 17.9 Å². The van der Waals surface area contributed by atoms with Gasteiger partial charge >= 0.3 is 0 Å². The second-order valence-corrected chi connectivity index (χ2v) is 10.4. The number of hydrogen-bond donors (Lipinski definition) is 4. The summed E-state index contributed by atoms with van der Waals surface area (Å²) in [5, 5.41) is 16.7. The summed E-state index contributed by atoms with van der Waals surface area (Å²) < 4.78 is 39.6. The van der Waals surface area contributed by atoms with Gasteiger partial charge in [-0.15, -0.1) is 0 Å². The Labute approximate surface area is 209 Å². The van der Waals surface area contributed by atoms with Crippen LogP contribution in [0.5, 0.6) is 0 Å². The second kappa shape index (κ2) is 15.2. The molecule has 2 aromatic carbocycles. The van der Waals surface area contributed by atoms with Crippen LogP contribution in [-0.4, -0.2) is 51.8 Å². The molecule has 0 saturated heterocycles. The van der Waals surface area contributed by atoms with Gasteiger partial charge in [0, 0.05) is 19.2 Å². The van der Waals surface area contributed by atoms with Gasteiger partial charge < -0.3 is 26.0 Å². The number of benzene rings is 2. The molecule has 0 aromatic heterocycles. The van der Waals surface area contributed by atoms with Crippen molar-refractivity contribution in [2.24, 2.45) is 5.73 Å². The van der Waals surface area contributed by atoms with Crippen LogP contribution in [0.15, 0.2) is 42.5 Å². The molecule has 2 rings (SSSR count). The zero-order valence-electron chi connectivity index (χ0n) is 20.4. The van der Waals surface area contributed by atoms with E-state index in [9.17, 15) is 23.2 Å². The lowest BCUT2D eigenvalue weighted by Gasteiger charge is -2.26. The number of nitrogens with one attached hydrogen (secondary N) is 2. The first-order valence-electron chi connectivity index (χ1n) is 12.0. The third-order valence-corrected chi connectivity index (χ3v) is 7.16. The molecule has 0 fully saturated rings. The summed E-state index contributed by atoms with van der Waals surface area (Å²) >= 11 is -1.23. The van der Waals surface area contributed by atoms with Gasteiger partial charge in [0.15, 0.2) is 0 Å². The molecule has 1 amide bonds. The van der Waals surface area contributed by atoms with E-state index in [1.54, 1.807) is 0 Å². The van der Waals surface area contributed by atoms with Gasteiger partial charge in [0.25, 0.3) is 0 Å². The third kappa shape index (κ3) is 10.6. The Kier molecular flexibility index (Phi) is 12.6. The number of aliphatic hydroxyl groups excluding tert-OH is 1. The van der Waals surface area contributed by atoms with E-state index < -0.39 is 46.9 Å². The molecule has 9 heteroatoms. The van der Waals surface area contributed by atoms with E-state index in [1.165, 1.54) is 17.7 Å². The molecule has 6 nitrogen and oxygen atoms in total. The van der Waals surface area contributed by atoms with Crippen molar-refractivity contribution in [1.82, 2.24) is 10.6 Å². The number of carbonyl (C=O) groups excluding carboxylic acids is 1. The normalized spacial score (nSPS) is 14.8. The number of amides is 1. The minimum atomic E-state index is -1.23. The molecule has 0 aliphatic rings. The lowest BCUT2D eigenvalue weighted by Crippen LogP contribution is -2.54. The molecule has 35 heavy (non-hydrogen) atoms. The van der Waals surface area contributed by atoms with E-state index in [0.717, 1.165) is 30.9 Å². The maximum absolute atomic E-state index is 13.7. The maximum atomic E-state index is 13.7. The molecule has 0 spiro atoms. The average Bonchev–Trinajstić information content (AvgIpc) is 2.81. The Bertz CT molecular complexity index is 914. The molecule has 2 aromatic rings. The number of unbranched alkanes of at least 4 members (excludes halogenated alkanes) is 1. The van der Waals surface area contributed by atoms with Crippen molar-refractivity contribution < 1.29 is 23.2 Å². The van der Waals surface area contributed by atoms with Crippen LogP contribution < -0.4 is 16.4 Å². The van der Waals surface area contributed by atoms with Crippen molar-refractivity contribution in [2.45, 2.75) is 64.3 Å². The first-order chi connectivity index (χ1) is 16.7. The monoisotopic (exact) mass is 509 g/mol. The van der Waals surface area contributed by atoms with Gasteiger partial charge in [0.2, 0.25) is 5.91 Å². The van der Waals surface area contributed by atoms with Crippen LogP contribution >= 0.6 is 0 Å². The van der Waals surface area contributed by atoms with Crippen LogP contribution in [0.25, 0.3) is 0 Å². The number of nitrogens with two attached hydrogens (primary N) is 1. The summed E-state index contributed by atoms with van der Waals surface area (Å²) in [5.74, 6) is -1.57. The predicted octanol–water partition coefficient (Wildman–Crippen LogP) is 2.58. The molecule has 0 saturated carbocycles. The van der Waals surface area contributed by atoms with Crippen molar-refractivity contribution in [1.29, 1.82) is 0 Å². The summed E-state index contributed by atoms with van der Waals surface area (Å²) in [7, 11) is 0. The predicted molar refractivity (Wildman–Crippen MR) is 136 cm³/mol. The first kappa shape index (κ1) is 29.2. The summed E-state index contributed by atoms with van der Waals surface area (Å²) in [5.41, 5.74) is 8.51. The second-order valence-electron chi connectivity index (χ2n) is 8.74. The smallest absolute Gasteiger partial charge is 0.242 e. The molecule has 1 unspecified atom stereocenters. The Balaban J connectivity index is 2.04. The van der Waals surface area contributed by atoms with Gasteiger partial charge in [-0.3, -0.25) is 4.79 Å². The highest BCUT2D eigenvalue weighted by Gasteiger charge is 2.27. The Morgan fingerprint density at radius 1 is 1.11 bits per heavy atom. The van der Waals surface area contributed by atoms with E-state index in [4.69, 9.17) is 5.73 Å². The van der Waals surface area contributed by atoms with Gasteiger partial charge in [0.1, 0.15) is 29.2 Å². The Morgan fingerprint density at radius 2 is 1.80 bits per heavy atom. The zero-order chi connectivity index (χ0) is 25.8. The third-order valence-electron chi connectivity index (χ3n) is 5.68. The molecule has 4 atom stereocenters. The van der Waals surface area contributed by atoms with E-state index in [-0.39, 0.29) is 18.7 Å². The molecule has 194 valence electrons. The van der Waals surface area contributed by atoms with Crippen LogP contribution in [0.4, 0.5) is 8.78 Å². The first-order valence-corrected chi connectivity index (χ1v) is 13.5. The summed E-state index contributed by atoms with van der Waals surface area (Å²) in [6, 6.07) is 9.29. The number of halogens is 2. The largest absolute Gasteiger partial charge is 0.616 e. The lowest BCUT2D eigenvalue weighted by molar-refractivity contribution is -0.123. The molecular weight excluding hydrogens is 472 g/mol. The fourth-order valence-electron chi connectivity index (χ4n) is 3.69. The number of aryl methyl sites for hydroxylation is 1. The molecule has 0 aliphatic carbocycles. The highest BCUT2D eigenvalue weighted by atomic mass is 32.2. The summed E-state index contributed by atoms with van der Waals surface area (Å²) in [6.45, 7) is 4.70. The molecular formula is C26H37F2N3O3S. The van der Waals surface area contributed by atoms with E-state index in [1.807, 2.05) is 25.1 Å². The van der Waals surface area contributed by atoms with Crippen molar-refractivity contribution in [2.75, 3.05) is 18.1 Å². The molecule has 0 bridgehead atoms. The highest BCUT2D eigenvalue weighted by Crippen LogP contribution is 2.13. The fourth-order valence-corrected chi connectivity index (χ4v) is 5.02. The van der Waals surface area contributed by atoms with Gasteiger partial charge in [-0.1, -0.05) is 55.7 Å². The molecule has 0 radical (unpaired) electrons. The van der Waals surface area contributed by atoms with Crippen LogP contribution in [0.3, 0.4) is 0 Å². The van der Waals surface area contributed by atoms with Crippen LogP contribution in [0.1, 0.15) is 43.4 Å². The molecule has 5 N–H and O–H groups in total. The summed E-state index contributed by atoms with van der Waals surface area (Å²) in [6.07, 6.45) is 1.53. The lowest BCUT2D eigenvalue weighted by atomic mass is 10.00. The minimum Gasteiger partial charge on any atom is -0.616 e. The van der Waals surface area contributed by atoms with E-state index in [2.05, 4.69) is 23.6 Å². The van der Waals surface area contributed by atoms with Crippen molar-refractivity contribution in [3.05, 3.63) is 70.8 Å². The van der Waals surface area contributed by atoms with Gasteiger partial charge in [-0.25, -0.2) is 8.78 Å².